The molecule has 0 saturated carbocycles. The van der Waals surface area contributed by atoms with E-state index in [9.17, 15) is 14.0 Å². The molecule has 1 aliphatic rings. The Morgan fingerprint density at radius 3 is 2.84 bits per heavy atom. The first-order valence-electron chi connectivity index (χ1n) is 11.3. The Morgan fingerprint density at radius 1 is 1.13 bits per heavy atom. The number of fused-ring (bicyclic) bond motifs is 3. The first-order valence-corrected chi connectivity index (χ1v) is 11.3. The van der Waals surface area contributed by atoms with Crippen LogP contribution < -0.4 is 10.9 Å². The molecule has 7 heteroatoms. The highest BCUT2D eigenvalue weighted by molar-refractivity contribution is 5.79. The van der Waals surface area contributed by atoms with E-state index < -0.39 is 0 Å². The number of halogens is 1. The molecule has 1 aliphatic heterocycles. The Kier molecular flexibility index (Phi) is 6.70. The molecule has 6 nitrogen and oxygen atoms in total. The fourth-order valence-electron chi connectivity index (χ4n) is 4.64. The third kappa shape index (κ3) is 4.82. The maximum atomic E-state index is 13.9. The first kappa shape index (κ1) is 21.6. The number of carbonyl (C=O) groups is 1. The average Bonchev–Trinajstić information content (AvgIpc) is 3.25. The molecule has 1 atom stereocenters. The van der Waals surface area contributed by atoms with Gasteiger partial charge >= 0.3 is 0 Å². The third-order valence-electron chi connectivity index (χ3n) is 6.37. The first-order chi connectivity index (χ1) is 15.0. The Bertz CT molecular complexity index is 1120. The summed E-state index contributed by atoms with van der Waals surface area (Å²) < 4.78 is 17.2. The number of aromatic nitrogens is 2. The second-order valence-corrected chi connectivity index (χ2v) is 8.54. The highest BCUT2D eigenvalue weighted by Gasteiger charge is 2.17. The van der Waals surface area contributed by atoms with Crippen molar-refractivity contribution in [2.75, 3.05) is 19.6 Å². The SMILES string of the molecule is C[C@H]1CCCCN1CCCNC(=O)CCCn1c(=O)c2cccn2c2ccc(F)cc21. The van der Waals surface area contributed by atoms with Gasteiger partial charge < -0.3 is 19.2 Å². The van der Waals surface area contributed by atoms with E-state index in [1.165, 1.54) is 31.4 Å². The molecular weight excluding hydrogens is 395 g/mol. The Hall–Kier alpha value is -2.67. The molecule has 0 radical (unpaired) electrons. The number of hydrogen-bond acceptors (Lipinski definition) is 3. The lowest BCUT2D eigenvalue weighted by Gasteiger charge is -2.33. The maximum Gasteiger partial charge on any atom is 0.275 e. The van der Waals surface area contributed by atoms with Gasteiger partial charge in [0.05, 0.1) is 11.0 Å². The molecule has 1 aromatic carbocycles. The van der Waals surface area contributed by atoms with E-state index in [0.717, 1.165) is 25.0 Å². The molecule has 0 unspecified atom stereocenters. The standard InChI is InChI=1S/C24H31FN4O2/c1-18-7-2-3-13-27(18)14-6-12-26-23(30)9-5-16-29-22-17-19(25)10-11-20(22)28-15-4-8-21(28)24(29)31/h4,8,10-11,15,17-18H,2-3,5-7,9,12-14,16H2,1H3,(H,26,30)/t18-/m0/s1. The fourth-order valence-corrected chi connectivity index (χ4v) is 4.64. The molecule has 1 N–H and O–H groups in total. The quantitative estimate of drug-likeness (QED) is 0.561. The van der Waals surface area contributed by atoms with E-state index in [1.807, 2.05) is 6.07 Å². The molecule has 4 rings (SSSR count). The molecule has 2 aromatic heterocycles. The predicted octanol–water partition coefficient (Wildman–Crippen LogP) is 3.55. The zero-order chi connectivity index (χ0) is 21.8. The minimum atomic E-state index is -0.382. The summed E-state index contributed by atoms with van der Waals surface area (Å²) >= 11 is 0. The van der Waals surface area contributed by atoms with Crippen molar-refractivity contribution in [2.45, 2.75) is 58.0 Å². The summed E-state index contributed by atoms with van der Waals surface area (Å²) in [4.78, 5) is 27.6. The van der Waals surface area contributed by atoms with Crippen molar-refractivity contribution in [1.29, 1.82) is 0 Å². The van der Waals surface area contributed by atoms with Crippen LogP contribution in [0.2, 0.25) is 0 Å². The predicted molar refractivity (Wildman–Crippen MR) is 121 cm³/mol. The van der Waals surface area contributed by atoms with Gasteiger partial charge in [-0.3, -0.25) is 9.59 Å². The summed E-state index contributed by atoms with van der Waals surface area (Å²) in [5, 5.41) is 2.99. The van der Waals surface area contributed by atoms with Crippen molar-refractivity contribution in [3.8, 4) is 0 Å². The Balaban J connectivity index is 1.32. The number of piperidine rings is 1. The van der Waals surface area contributed by atoms with Crippen LogP contribution in [0.3, 0.4) is 0 Å². The van der Waals surface area contributed by atoms with Crippen LogP contribution in [0, 0.1) is 5.82 Å². The highest BCUT2D eigenvalue weighted by atomic mass is 19.1. The van der Waals surface area contributed by atoms with E-state index in [2.05, 4.69) is 17.1 Å². The van der Waals surface area contributed by atoms with Crippen molar-refractivity contribution in [3.05, 3.63) is 52.7 Å². The van der Waals surface area contributed by atoms with Crippen LogP contribution in [0.5, 0.6) is 0 Å². The number of nitrogens with zero attached hydrogens (tertiary/aromatic N) is 3. The molecule has 3 aromatic rings. The topological polar surface area (TPSA) is 58.8 Å². The minimum absolute atomic E-state index is 0.000933. The number of likely N-dealkylation sites (tertiary alicyclic amines) is 1. The van der Waals surface area contributed by atoms with Gasteiger partial charge in [-0.2, -0.15) is 0 Å². The molecule has 0 bridgehead atoms. The summed E-state index contributed by atoms with van der Waals surface area (Å²) in [6.45, 7) is 5.50. The number of aryl methyl sites for hydroxylation is 1. The molecule has 1 amide bonds. The summed E-state index contributed by atoms with van der Waals surface area (Å²) in [6, 6.07) is 8.68. The smallest absolute Gasteiger partial charge is 0.275 e. The molecule has 0 aliphatic carbocycles. The van der Waals surface area contributed by atoms with Gasteiger partial charge in [-0.25, -0.2) is 4.39 Å². The number of carbonyl (C=O) groups excluding carboxylic acids is 1. The van der Waals surface area contributed by atoms with Gasteiger partial charge in [-0.1, -0.05) is 6.42 Å². The largest absolute Gasteiger partial charge is 0.356 e. The molecular formula is C24H31FN4O2. The normalized spacial score (nSPS) is 17.4. The summed E-state index contributed by atoms with van der Waals surface area (Å²) in [5.74, 6) is -0.382. The molecule has 3 heterocycles. The number of nitrogens with one attached hydrogen (secondary N) is 1. The lowest BCUT2D eigenvalue weighted by molar-refractivity contribution is -0.121. The van der Waals surface area contributed by atoms with Gasteiger partial charge in [-0.05, 0) is 69.5 Å². The summed E-state index contributed by atoms with van der Waals surface area (Å²) in [7, 11) is 0. The van der Waals surface area contributed by atoms with E-state index >= 15 is 0 Å². The van der Waals surface area contributed by atoms with E-state index in [1.54, 1.807) is 27.3 Å². The third-order valence-corrected chi connectivity index (χ3v) is 6.37. The van der Waals surface area contributed by atoms with Crippen molar-refractivity contribution in [3.63, 3.8) is 0 Å². The van der Waals surface area contributed by atoms with Gasteiger partial charge in [0.2, 0.25) is 5.91 Å². The zero-order valence-electron chi connectivity index (χ0n) is 18.1. The number of rotatable bonds is 8. The van der Waals surface area contributed by atoms with Crippen LogP contribution in [0.15, 0.2) is 41.3 Å². The van der Waals surface area contributed by atoms with Crippen molar-refractivity contribution in [1.82, 2.24) is 19.2 Å². The van der Waals surface area contributed by atoms with Gasteiger partial charge in [0.25, 0.3) is 5.56 Å². The number of amides is 1. The number of benzene rings is 1. The van der Waals surface area contributed by atoms with E-state index in [4.69, 9.17) is 0 Å². The van der Waals surface area contributed by atoms with Crippen molar-refractivity contribution in [2.24, 2.45) is 0 Å². The monoisotopic (exact) mass is 426 g/mol. The van der Waals surface area contributed by atoms with Crippen LogP contribution in [-0.2, 0) is 11.3 Å². The second-order valence-electron chi connectivity index (χ2n) is 8.54. The van der Waals surface area contributed by atoms with Crippen LogP contribution >= 0.6 is 0 Å². The van der Waals surface area contributed by atoms with Gasteiger partial charge in [0, 0.05) is 38.3 Å². The average molecular weight is 427 g/mol. The van der Waals surface area contributed by atoms with Crippen LogP contribution in [0.25, 0.3) is 16.6 Å². The summed E-state index contributed by atoms with van der Waals surface area (Å²) in [6.07, 6.45) is 7.47. The summed E-state index contributed by atoms with van der Waals surface area (Å²) in [5.41, 5.74) is 1.71. The molecule has 1 fully saturated rings. The van der Waals surface area contributed by atoms with Crippen LogP contribution in [0.4, 0.5) is 4.39 Å². The minimum Gasteiger partial charge on any atom is -0.356 e. The lowest BCUT2D eigenvalue weighted by Crippen LogP contribution is -2.39. The number of hydrogen-bond donors (Lipinski definition) is 1. The van der Waals surface area contributed by atoms with Crippen molar-refractivity contribution >= 4 is 22.5 Å². The molecule has 0 spiro atoms. The Labute approximate surface area is 181 Å². The molecule has 166 valence electrons. The van der Waals surface area contributed by atoms with Gasteiger partial charge in [-0.15, -0.1) is 0 Å². The van der Waals surface area contributed by atoms with Crippen molar-refractivity contribution < 1.29 is 9.18 Å². The van der Waals surface area contributed by atoms with E-state index in [-0.39, 0.29) is 17.3 Å². The molecule has 1 saturated heterocycles. The van der Waals surface area contributed by atoms with E-state index in [0.29, 0.717) is 43.0 Å². The van der Waals surface area contributed by atoms with Gasteiger partial charge in [0.1, 0.15) is 11.3 Å². The fraction of sp³-hybridized carbons (Fsp3) is 0.500. The second kappa shape index (κ2) is 9.64. The van der Waals surface area contributed by atoms with Crippen LogP contribution in [-0.4, -0.2) is 45.5 Å². The lowest BCUT2D eigenvalue weighted by atomic mass is 10.0. The Morgan fingerprint density at radius 2 is 2.00 bits per heavy atom. The molecule has 31 heavy (non-hydrogen) atoms. The zero-order valence-corrected chi connectivity index (χ0v) is 18.1. The highest BCUT2D eigenvalue weighted by Crippen LogP contribution is 2.18. The van der Waals surface area contributed by atoms with Crippen LogP contribution in [0.1, 0.15) is 45.4 Å². The van der Waals surface area contributed by atoms with Gasteiger partial charge in [0.15, 0.2) is 0 Å². The maximum absolute atomic E-state index is 13.9.